The summed E-state index contributed by atoms with van der Waals surface area (Å²) in [6.45, 7) is 0.544. The zero-order valence-corrected chi connectivity index (χ0v) is 6.58. The van der Waals surface area contributed by atoms with Crippen LogP contribution in [0, 0.1) is 0 Å². The van der Waals surface area contributed by atoms with Crippen LogP contribution in [0.5, 0.6) is 0 Å². The summed E-state index contributed by atoms with van der Waals surface area (Å²) in [7, 11) is 1.38. The van der Waals surface area contributed by atoms with Crippen molar-refractivity contribution in [2.24, 2.45) is 7.05 Å². The monoisotopic (exact) mass is 175 g/mol. The summed E-state index contributed by atoms with van der Waals surface area (Å²) in [6, 6.07) is 0. The number of hydrogen-bond donors (Lipinski definition) is 0. The first-order valence-corrected chi connectivity index (χ1v) is 3.20. The molecule has 1 aromatic rings. The highest BCUT2D eigenvalue weighted by molar-refractivity contribution is 5.99. The first kappa shape index (κ1) is 8.76. The zero-order valence-electron chi connectivity index (χ0n) is 6.58. The largest absolute Gasteiger partial charge is 0.308 e. The Hall–Kier alpha value is -1.33. The molecule has 0 bridgehead atoms. The fraction of sp³-hybridized carbons (Fsp3) is 0.500. The number of rotatable bonds is 2. The lowest BCUT2D eigenvalue weighted by Gasteiger charge is -2.06. The first-order chi connectivity index (χ1) is 5.43. The number of aryl methyl sites for hydroxylation is 1. The van der Waals surface area contributed by atoms with E-state index in [0.717, 1.165) is 10.9 Å². The lowest BCUT2D eigenvalue weighted by atomic mass is 10.2. The van der Waals surface area contributed by atoms with Gasteiger partial charge in [-0.3, -0.25) is 4.79 Å². The predicted octanol–water partition coefficient (Wildman–Crippen LogP) is 0.653. The summed E-state index contributed by atoms with van der Waals surface area (Å²) >= 11 is 0. The van der Waals surface area contributed by atoms with Gasteiger partial charge in [-0.05, 0) is 0 Å². The molecule has 6 heteroatoms. The number of Topliss-reactive ketones (excluding diaryl/α,β-unsaturated/α-hetero) is 1. The number of nitrogens with zero attached hydrogens (tertiary/aromatic N) is 3. The molecule has 0 saturated carbocycles. The van der Waals surface area contributed by atoms with Gasteiger partial charge in [0.05, 0.1) is 6.20 Å². The van der Waals surface area contributed by atoms with E-state index in [0.29, 0.717) is 6.92 Å². The van der Waals surface area contributed by atoms with Crippen LogP contribution >= 0.6 is 0 Å². The molecule has 0 aliphatic heterocycles. The molecule has 0 spiro atoms. The standard InChI is InChI=1S/C6H7F2N3O/c1-6(7,8)5(12)4-3-9-10-11(4)2/h3H,1-2H3. The summed E-state index contributed by atoms with van der Waals surface area (Å²) in [5.41, 5.74) is -0.192. The van der Waals surface area contributed by atoms with Gasteiger partial charge >= 0.3 is 5.92 Å². The van der Waals surface area contributed by atoms with E-state index >= 15 is 0 Å². The van der Waals surface area contributed by atoms with Crippen molar-refractivity contribution >= 4 is 5.78 Å². The second kappa shape index (κ2) is 2.62. The van der Waals surface area contributed by atoms with Crippen LogP contribution < -0.4 is 0 Å². The van der Waals surface area contributed by atoms with E-state index in [4.69, 9.17) is 0 Å². The summed E-state index contributed by atoms with van der Waals surface area (Å²) < 4.78 is 25.9. The van der Waals surface area contributed by atoms with E-state index in [9.17, 15) is 13.6 Å². The highest BCUT2D eigenvalue weighted by Crippen LogP contribution is 2.17. The molecule has 1 rings (SSSR count). The Bertz CT molecular complexity index is 302. The molecule has 66 valence electrons. The third kappa shape index (κ3) is 1.46. The Kier molecular flexibility index (Phi) is 1.91. The van der Waals surface area contributed by atoms with E-state index in [-0.39, 0.29) is 5.69 Å². The highest BCUT2D eigenvalue weighted by atomic mass is 19.3. The quantitative estimate of drug-likeness (QED) is 0.620. The number of ketones is 1. The van der Waals surface area contributed by atoms with Crippen LogP contribution in [0.3, 0.4) is 0 Å². The van der Waals surface area contributed by atoms with Gasteiger partial charge in [-0.25, -0.2) is 4.68 Å². The fourth-order valence-electron chi connectivity index (χ4n) is 0.720. The number of halogens is 2. The third-order valence-corrected chi connectivity index (χ3v) is 1.35. The second-order valence-electron chi connectivity index (χ2n) is 2.46. The molecule has 1 aromatic heterocycles. The number of carbonyl (C=O) groups excluding carboxylic acids is 1. The average Bonchev–Trinajstić information content (AvgIpc) is 2.31. The second-order valence-corrected chi connectivity index (χ2v) is 2.46. The molecule has 0 aromatic carbocycles. The van der Waals surface area contributed by atoms with Crippen molar-refractivity contribution in [2.45, 2.75) is 12.8 Å². The molecular formula is C6H7F2N3O. The van der Waals surface area contributed by atoms with Crippen molar-refractivity contribution in [3.8, 4) is 0 Å². The maximum atomic E-state index is 12.4. The first-order valence-electron chi connectivity index (χ1n) is 3.20. The normalized spacial score (nSPS) is 11.7. The summed E-state index contributed by atoms with van der Waals surface area (Å²) in [5.74, 6) is -4.63. The van der Waals surface area contributed by atoms with E-state index in [1.807, 2.05) is 0 Å². The number of aromatic nitrogens is 3. The molecule has 0 atom stereocenters. The summed E-state index contributed by atoms with van der Waals surface area (Å²) in [4.78, 5) is 10.9. The Balaban J connectivity index is 3.01. The van der Waals surface area contributed by atoms with Gasteiger partial charge in [-0.2, -0.15) is 8.78 Å². The van der Waals surface area contributed by atoms with Gasteiger partial charge in [0.1, 0.15) is 5.69 Å². The van der Waals surface area contributed by atoms with Crippen molar-refractivity contribution in [1.82, 2.24) is 15.0 Å². The van der Waals surface area contributed by atoms with E-state index in [1.165, 1.54) is 7.05 Å². The summed E-state index contributed by atoms with van der Waals surface area (Å²) in [5, 5.41) is 6.68. The average molecular weight is 175 g/mol. The lowest BCUT2D eigenvalue weighted by Crippen LogP contribution is -2.26. The SMILES string of the molecule is Cn1nncc1C(=O)C(C)(F)F. The van der Waals surface area contributed by atoms with Gasteiger partial charge in [0, 0.05) is 14.0 Å². The predicted molar refractivity (Wildman–Crippen MR) is 36.0 cm³/mol. The number of alkyl halides is 2. The van der Waals surface area contributed by atoms with Crippen molar-refractivity contribution in [3.05, 3.63) is 11.9 Å². The molecule has 0 unspecified atom stereocenters. The van der Waals surface area contributed by atoms with Crippen molar-refractivity contribution in [2.75, 3.05) is 0 Å². The van der Waals surface area contributed by atoms with Gasteiger partial charge in [-0.15, -0.1) is 5.10 Å². The minimum atomic E-state index is -3.37. The van der Waals surface area contributed by atoms with Gasteiger partial charge in [0.25, 0.3) is 5.78 Å². The van der Waals surface area contributed by atoms with Gasteiger partial charge in [0.15, 0.2) is 0 Å². The van der Waals surface area contributed by atoms with Crippen molar-refractivity contribution in [3.63, 3.8) is 0 Å². The zero-order chi connectivity index (χ0) is 9.35. The molecule has 0 saturated heterocycles. The minimum Gasteiger partial charge on any atom is -0.286 e. The van der Waals surface area contributed by atoms with E-state index in [1.54, 1.807) is 0 Å². The Morgan fingerprint density at radius 2 is 2.25 bits per heavy atom. The fourth-order valence-corrected chi connectivity index (χ4v) is 0.720. The van der Waals surface area contributed by atoms with Gasteiger partial charge in [0.2, 0.25) is 0 Å². The maximum Gasteiger partial charge on any atom is 0.308 e. The number of carbonyl (C=O) groups is 1. The smallest absolute Gasteiger partial charge is 0.286 e. The van der Waals surface area contributed by atoms with Crippen LogP contribution in [0.25, 0.3) is 0 Å². The molecule has 0 fully saturated rings. The van der Waals surface area contributed by atoms with Crippen molar-refractivity contribution < 1.29 is 13.6 Å². The Labute approximate surface area is 67.2 Å². The highest BCUT2D eigenvalue weighted by Gasteiger charge is 2.35. The van der Waals surface area contributed by atoms with E-state index in [2.05, 4.69) is 10.3 Å². The van der Waals surface area contributed by atoms with Gasteiger partial charge < -0.3 is 0 Å². The molecular weight excluding hydrogens is 168 g/mol. The molecule has 0 radical (unpaired) electrons. The Morgan fingerprint density at radius 3 is 2.58 bits per heavy atom. The van der Waals surface area contributed by atoms with Crippen LogP contribution in [0.4, 0.5) is 8.78 Å². The van der Waals surface area contributed by atoms with Crippen molar-refractivity contribution in [1.29, 1.82) is 0 Å². The van der Waals surface area contributed by atoms with E-state index < -0.39 is 11.7 Å². The molecule has 0 amide bonds. The van der Waals surface area contributed by atoms with Crippen LogP contribution in [-0.4, -0.2) is 26.7 Å². The van der Waals surface area contributed by atoms with Crippen LogP contribution in [-0.2, 0) is 7.05 Å². The molecule has 12 heavy (non-hydrogen) atoms. The third-order valence-electron chi connectivity index (χ3n) is 1.35. The van der Waals surface area contributed by atoms with Crippen LogP contribution in [0.2, 0.25) is 0 Å². The van der Waals surface area contributed by atoms with Crippen LogP contribution in [0.15, 0.2) is 6.20 Å². The lowest BCUT2D eigenvalue weighted by molar-refractivity contribution is 0.0212. The number of hydrogen-bond acceptors (Lipinski definition) is 3. The topological polar surface area (TPSA) is 47.8 Å². The maximum absolute atomic E-state index is 12.4. The molecule has 0 aliphatic carbocycles. The molecule has 4 nitrogen and oxygen atoms in total. The Morgan fingerprint density at radius 1 is 1.67 bits per heavy atom. The molecule has 0 N–H and O–H groups in total. The molecule has 0 aliphatic rings. The molecule has 1 heterocycles. The van der Waals surface area contributed by atoms with Gasteiger partial charge in [-0.1, -0.05) is 5.21 Å². The minimum absolute atomic E-state index is 0.192. The summed E-state index contributed by atoms with van der Waals surface area (Å²) in [6.07, 6.45) is 1.01. The van der Waals surface area contributed by atoms with Crippen LogP contribution in [0.1, 0.15) is 17.4 Å².